The molecule has 0 fully saturated rings. The molecule has 0 amide bonds. The quantitative estimate of drug-likeness (QED) is 0.252. The Bertz CT molecular complexity index is 228. The van der Waals surface area contributed by atoms with Gasteiger partial charge in [-0.2, -0.15) is 0 Å². The van der Waals surface area contributed by atoms with Gasteiger partial charge in [0.05, 0.1) is 3.74 Å². The standard InChI is InChI=1S/C12H24Br2O.H3O4P/c1-2-3-4-7-10-15-11-8-5-6-9-12(13)14;1-5(2,3)4/h12H,2-11H2,1H3;(H3,1,2,3,4). The van der Waals surface area contributed by atoms with Crippen LogP contribution in [0.2, 0.25) is 0 Å². The molecule has 0 aliphatic carbocycles. The lowest BCUT2D eigenvalue weighted by Crippen LogP contribution is -1.97. The van der Waals surface area contributed by atoms with Gasteiger partial charge in [-0.1, -0.05) is 70.9 Å². The fourth-order valence-electron chi connectivity index (χ4n) is 1.41. The number of phosphoric acid groups is 1. The molecule has 0 unspecified atom stereocenters. The first-order chi connectivity index (χ1) is 9.27. The molecule has 0 aromatic heterocycles. The Balaban J connectivity index is 0. The summed E-state index contributed by atoms with van der Waals surface area (Å²) in [5, 5.41) is 0. The summed E-state index contributed by atoms with van der Waals surface area (Å²) < 4.78 is 14.9. The molecule has 0 saturated carbocycles. The SMILES string of the molecule is CCCCCCOCCCCCC(Br)Br.O=P(O)(O)O. The molecule has 3 N–H and O–H groups in total. The molecule has 8 heteroatoms. The predicted molar refractivity (Wildman–Crippen MR) is 89.3 cm³/mol. The Morgan fingerprint density at radius 1 is 0.950 bits per heavy atom. The molecule has 0 saturated heterocycles. The molecule has 0 spiro atoms. The Morgan fingerprint density at radius 2 is 1.40 bits per heavy atom. The third-order valence-corrected chi connectivity index (χ3v) is 3.27. The summed E-state index contributed by atoms with van der Waals surface area (Å²) in [5.41, 5.74) is 0. The summed E-state index contributed by atoms with van der Waals surface area (Å²) in [4.78, 5) is 21.6. The topological polar surface area (TPSA) is 87.0 Å². The number of alkyl halides is 2. The Kier molecular flexibility index (Phi) is 19.1. The normalized spacial score (nSPS) is 11.3. The highest BCUT2D eigenvalue weighted by Crippen LogP contribution is 2.25. The minimum absolute atomic E-state index is 0.486. The lowest BCUT2D eigenvalue weighted by Gasteiger charge is -2.04. The fourth-order valence-corrected chi connectivity index (χ4v) is 2.06. The van der Waals surface area contributed by atoms with Crippen molar-refractivity contribution in [1.29, 1.82) is 0 Å². The summed E-state index contributed by atoms with van der Waals surface area (Å²) in [6, 6.07) is 0. The van der Waals surface area contributed by atoms with E-state index >= 15 is 0 Å². The molecule has 124 valence electrons. The van der Waals surface area contributed by atoms with E-state index in [2.05, 4.69) is 38.8 Å². The summed E-state index contributed by atoms with van der Waals surface area (Å²) in [6.45, 7) is 4.14. The van der Waals surface area contributed by atoms with Crippen LogP contribution in [0.15, 0.2) is 0 Å². The van der Waals surface area contributed by atoms with E-state index in [1.165, 1.54) is 51.4 Å². The number of ether oxygens (including phenoxy) is 1. The van der Waals surface area contributed by atoms with E-state index < -0.39 is 7.82 Å². The van der Waals surface area contributed by atoms with Gasteiger partial charge < -0.3 is 19.4 Å². The molecule has 0 rings (SSSR count). The van der Waals surface area contributed by atoms with Gasteiger partial charge in [0.1, 0.15) is 0 Å². The van der Waals surface area contributed by atoms with Crippen molar-refractivity contribution >= 4 is 39.7 Å². The van der Waals surface area contributed by atoms with Crippen LogP contribution >= 0.6 is 39.7 Å². The first-order valence-electron chi connectivity index (χ1n) is 6.91. The van der Waals surface area contributed by atoms with Crippen molar-refractivity contribution in [3.05, 3.63) is 0 Å². The zero-order valence-corrected chi connectivity index (χ0v) is 16.1. The van der Waals surface area contributed by atoms with E-state index in [-0.39, 0.29) is 0 Å². The maximum atomic E-state index is 8.88. The van der Waals surface area contributed by atoms with Crippen molar-refractivity contribution in [2.45, 2.75) is 62.0 Å². The van der Waals surface area contributed by atoms with Crippen molar-refractivity contribution in [2.75, 3.05) is 13.2 Å². The molecule has 0 aromatic rings. The first kappa shape index (κ1) is 23.3. The number of hydrogen-bond acceptors (Lipinski definition) is 2. The average Bonchev–Trinajstić information content (AvgIpc) is 2.29. The van der Waals surface area contributed by atoms with Gasteiger partial charge in [0.2, 0.25) is 0 Å². The lowest BCUT2D eigenvalue weighted by atomic mass is 10.2. The van der Waals surface area contributed by atoms with E-state index in [0.717, 1.165) is 13.2 Å². The highest BCUT2D eigenvalue weighted by molar-refractivity contribution is 9.24. The van der Waals surface area contributed by atoms with E-state index in [1.54, 1.807) is 0 Å². The predicted octanol–water partition coefficient (Wildman–Crippen LogP) is 4.33. The van der Waals surface area contributed by atoms with Gasteiger partial charge in [-0.3, -0.25) is 0 Å². The summed E-state index contributed by atoms with van der Waals surface area (Å²) in [6.07, 6.45) is 10.2. The molecule has 0 aliphatic rings. The summed E-state index contributed by atoms with van der Waals surface area (Å²) in [5.74, 6) is 0. The van der Waals surface area contributed by atoms with E-state index in [4.69, 9.17) is 24.0 Å². The highest BCUT2D eigenvalue weighted by atomic mass is 79.9. The highest BCUT2D eigenvalue weighted by Gasteiger charge is 2.00. The maximum Gasteiger partial charge on any atom is 0.466 e. The van der Waals surface area contributed by atoms with Gasteiger partial charge in [0.25, 0.3) is 0 Å². The fraction of sp³-hybridized carbons (Fsp3) is 1.00. The van der Waals surface area contributed by atoms with Crippen molar-refractivity contribution in [1.82, 2.24) is 0 Å². The molecule has 0 radical (unpaired) electrons. The van der Waals surface area contributed by atoms with Crippen LogP contribution < -0.4 is 0 Å². The third-order valence-electron chi connectivity index (χ3n) is 2.35. The Hall–Kier alpha value is 1.03. The molecule has 0 heterocycles. The molecule has 0 aliphatic heterocycles. The van der Waals surface area contributed by atoms with Crippen molar-refractivity contribution in [3.8, 4) is 0 Å². The smallest absolute Gasteiger partial charge is 0.381 e. The second-order valence-corrected chi connectivity index (χ2v) is 8.89. The van der Waals surface area contributed by atoms with Gasteiger partial charge >= 0.3 is 7.82 Å². The zero-order chi connectivity index (χ0) is 15.9. The second kappa shape index (κ2) is 16.4. The first-order valence-corrected chi connectivity index (χ1v) is 10.3. The maximum absolute atomic E-state index is 8.88. The molecular formula is C12H27Br2O5P. The van der Waals surface area contributed by atoms with Crippen LogP contribution in [-0.2, 0) is 9.30 Å². The number of hydrogen-bond donors (Lipinski definition) is 3. The second-order valence-electron chi connectivity index (χ2n) is 4.43. The molecule has 0 aromatic carbocycles. The average molecular weight is 442 g/mol. The van der Waals surface area contributed by atoms with Crippen LogP contribution in [0.4, 0.5) is 0 Å². The van der Waals surface area contributed by atoms with Crippen LogP contribution in [0.5, 0.6) is 0 Å². The van der Waals surface area contributed by atoms with Gasteiger partial charge in [-0.15, -0.1) is 0 Å². The Labute approximate surface area is 139 Å². The molecule has 0 bridgehead atoms. The third kappa shape index (κ3) is 36.4. The van der Waals surface area contributed by atoms with Crippen molar-refractivity contribution in [2.24, 2.45) is 0 Å². The minimum atomic E-state index is -4.64. The number of halogens is 2. The van der Waals surface area contributed by atoms with Crippen LogP contribution in [0.25, 0.3) is 0 Å². The minimum Gasteiger partial charge on any atom is -0.381 e. The van der Waals surface area contributed by atoms with Crippen LogP contribution in [0.1, 0.15) is 58.3 Å². The van der Waals surface area contributed by atoms with E-state index in [1.807, 2.05) is 0 Å². The zero-order valence-electron chi connectivity index (χ0n) is 12.0. The van der Waals surface area contributed by atoms with Crippen LogP contribution in [0.3, 0.4) is 0 Å². The molecule has 5 nitrogen and oxygen atoms in total. The molecular weight excluding hydrogens is 415 g/mol. The van der Waals surface area contributed by atoms with E-state index in [9.17, 15) is 0 Å². The number of rotatable bonds is 11. The van der Waals surface area contributed by atoms with Crippen molar-refractivity contribution in [3.63, 3.8) is 0 Å². The lowest BCUT2D eigenvalue weighted by molar-refractivity contribution is 0.126. The largest absolute Gasteiger partial charge is 0.466 e. The van der Waals surface area contributed by atoms with Gasteiger partial charge in [-0.05, 0) is 19.3 Å². The molecule has 20 heavy (non-hydrogen) atoms. The van der Waals surface area contributed by atoms with Gasteiger partial charge in [0, 0.05) is 13.2 Å². The monoisotopic (exact) mass is 440 g/mol. The van der Waals surface area contributed by atoms with Crippen LogP contribution in [-0.4, -0.2) is 31.6 Å². The van der Waals surface area contributed by atoms with Gasteiger partial charge in [-0.25, -0.2) is 4.57 Å². The van der Waals surface area contributed by atoms with Crippen molar-refractivity contribution < 1.29 is 24.0 Å². The van der Waals surface area contributed by atoms with Gasteiger partial charge in [0.15, 0.2) is 0 Å². The number of unbranched alkanes of at least 4 members (excludes halogenated alkanes) is 5. The Morgan fingerprint density at radius 3 is 1.80 bits per heavy atom. The molecule has 0 atom stereocenters. The summed E-state index contributed by atoms with van der Waals surface area (Å²) >= 11 is 6.96. The summed E-state index contributed by atoms with van der Waals surface area (Å²) in [7, 11) is -4.64. The van der Waals surface area contributed by atoms with E-state index in [0.29, 0.717) is 3.74 Å². The van der Waals surface area contributed by atoms with Crippen LogP contribution in [0, 0.1) is 0 Å².